The third-order valence-corrected chi connectivity index (χ3v) is 3.40. The summed E-state index contributed by atoms with van der Waals surface area (Å²) in [5, 5.41) is 0.681. The second kappa shape index (κ2) is 6.03. The summed E-state index contributed by atoms with van der Waals surface area (Å²) in [6.45, 7) is 4.15. The minimum absolute atomic E-state index is 0.0416. The average Bonchev–Trinajstić information content (AvgIpc) is 2.35. The minimum Gasteiger partial charge on any atom is -0.339 e. The molecule has 94 valence electrons. The van der Waals surface area contributed by atoms with Gasteiger partial charge in [0.15, 0.2) is 0 Å². The Morgan fingerprint density at radius 1 is 1.41 bits per heavy atom. The molecule has 0 saturated carbocycles. The van der Waals surface area contributed by atoms with Gasteiger partial charge in [-0.1, -0.05) is 36.7 Å². The fourth-order valence-electron chi connectivity index (χ4n) is 1.66. The first-order chi connectivity index (χ1) is 7.99. The first-order valence-corrected chi connectivity index (χ1v) is 6.08. The lowest BCUT2D eigenvalue weighted by Gasteiger charge is -2.28. The number of hydrogen-bond donors (Lipinski definition) is 1. The van der Waals surface area contributed by atoms with Crippen LogP contribution in [0.5, 0.6) is 0 Å². The molecule has 1 aromatic carbocycles. The zero-order valence-electron chi connectivity index (χ0n) is 10.5. The minimum atomic E-state index is -0.162. The van der Waals surface area contributed by atoms with Gasteiger partial charge in [0.1, 0.15) is 0 Å². The van der Waals surface area contributed by atoms with Crippen LogP contribution in [-0.4, -0.2) is 24.4 Å². The Morgan fingerprint density at radius 3 is 2.53 bits per heavy atom. The largest absolute Gasteiger partial charge is 0.339 e. The van der Waals surface area contributed by atoms with Crippen LogP contribution in [0.25, 0.3) is 0 Å². The molecular weight excluding hydrogens is 236 g/mol. The molecule has 2 atom stereocenters. The van der Waals surface area contributed by atoms with Gasteiger partial charge in [0.05, 0.1) is 6.04 Å². The average molecular weight is 255 g/mol. The molecule has 2 unspecified atom stereocenters. The van der Waals surface area contributed by atoms with Gasteiger partial charge in [-0.15, -0.1) is 0 Å². The van der Waals surface area contributed by atoms with Gasteiger partial charge in [0, 0.05) is 24.5 Å². The maximum Gasteiger partial charge on any atom is 0.226 e. The van der Waals surface area contributed by atoms with Crippen molar-refractivity contribution in [2.75, 3.05) is 13.6 Å². The maximum absolute atomic E-state index is 12.0. The van der Waals surface area contributed by atoms with Crippen molar-refractivity contribution in [3.05, 3.63) is 34.9 Å². The fourth-order valence-corrected chi connectivity index (χ4v) is 1.96. The van der Waals surface area contributed by atoms with Crippen LogP contribution in [0.4, 0.5) is 0 Å². The third kappa shape index (κ3) is 3.20. The Balaban J connectivity index is 2.87. The molecule has 1 aromatic rings. The first kappa shape index (κ1) is 14.0. The normalized spacial score (nSPS) is 14.2. The Kier molecular flexibility index (Phi) is 4.97. The van der Waals surface area contributed by atoms with Gasteiger partial charge in [-0.25, -0.2) is 0 Å². The first-order valence-electron chi connectivity index (χ1n) is 5.70. The summed E-state index contributed by atoms with van der Waals surface area (Å²) in [6, 6.07) is 7.51. The lowest BCUT2D eigenvalue weighted by Crippen LogP contribution is -2.36. The molecule has 3 nitrogen and oxygen atoms in total. The number of carbonyl (C=O) groups is 1. The van der Waals surface area contributed by atoms with Crippen LogP contribution < -0.4 is 5.73 Å². The lowest BCUT2D eigenvalue weighted by atomic mass is 10.0. The fraction of sp³-hybridized carbons (Fsp3) is 0.462. The van der Waals surface area contributed by atoms with Crippen LogP contribution in [0.15, 0.2) is 24.3 Å². The SMILES string of the molecule is CC(CN)C(=O)N(C)C(C)c1ccccc1Cl. The van der Waals surface area contributed by atoms with E-state index in [1.54, 1.807) is 11.9 Å². The highest BCUT2D eigenvalue weighted by Crippen LogP contribution is 2.26. The van der Waals surface area contributed by atoms with E-state index in [-0.39, 0.29) is 17.9 Å². The molecule has 0 bridgehead atoms. The van der Waals surface area contributed by atoms with Crippen molar-refractivity contribution in [3.63, 3.8) is 0 Å². The number of amides is 1. The van der Waals surface area contributed by atoms with Gasteiger partial charge in [-0.05, 0) is 18.6 Å². The number of nitrogens with two attached hydrogens (primary N) is 1. The van der Waals surface area contributed by atoms with Crippen LogP contribution in [0, 0.1) is 5.92 Å². The lowest BCUT2D eigenvalue weighted by molar-refractivity contribution is -0.135. The number of hydrogen-bond acceptors (Lipinski definition) is 2. The molecule has 1 amide bonds. The zero-order chi connectivity index (χ0) is 13.0. The van der Waals surface area contributed by atoms with E-state index in [9.17, 15) is 4.79 Å². The van der Waals surface area contributed by atoms with Gasteiger partial charge < -0.3 is 10.6 Å². The standard InChI is InChI=1S/C13H19ClN2O/c1-9(8-15)13(17)16(3)10(2)11-6-4-5-7-12(11)14/h4-7,9-10H,8,15H2,1-3H3. The topological polar surface area (TPSA) is 46.3 Å². The predicted molar refractivity (Wildman–Crippen MR) is 70.9 cm³/mol. The maximum atomic E-state index is 12.0. The van der Waals surface area contributed by atoms with Crippen LogP contribution in [0.2, 0.25) is 5.02 Å². The molecule has 0 radical (unpaired) electrons. The molecule has 17 heavy (non-hydrogen) atoms. The molecule has 4 heteroatoms. The highest BCUT2D eigenvalue weighted by molar-refractivity contribution is 6.31. The van der Waals surface area contributed by atoms with Crippen LogP contribution in [0.1, 0.15) is 25.5 Å². The van der Waals surface area contributed by atoms with E-state index >= 15 is 0 Å². The molecular formula is C13H19ClN2O. The van der Waals surface area contributed by atoms with Gasteiger partial charge in [0.25, 0.3) is 0 Å². The van der Waals surface area contributed by atoms with Crippen LogP contribution >= 0.6 is 11.6 Å². The Morgan fingerprint density at radius 2 is 2.00 bits per heavy atom. The number of benzene rings is 1. The van der Waals surface area contributed by atoms with E-state index < -0.39 is 0 Å². The number of halogens is 1. The number of rotatable bonds is 4. The van der Waals surface area contributed by atoms with Gasteiger partial charge in [-0.3, -0.25) is 4.79 Å². The van der Waals surface area contributed by atoms with Gasteiger partial charge in [-0.2, -0.15) is 0 Å². The van der Waals surface area contributed by atoms with Gasteiger partial charge >= 0.3 is 0 Å². The van der Waals surface area contributed by atoms with Crippen LogP contribution in [0.3, 0.4) is 0 Å². The second-order valence-electron chi connectivity index (χ2n) is 4.28. The van der Waals surface area contributed by atoms with E-state index in [0.717, 1.165) is 5.56 Å². The monoisotopic (exact) mass is 254 g/mol. The van der Waals surface area contributed by atoms with E-state index in [1.165, 1.54) is 0 Å². The second-order valence-corrected chi connectivity index (χ2v) is 4.69. The Hall–Kier alpha value is -1.06. The van der Waals surface area contributed by atoms with Crippen molar-refractivity contribution in [1.29, 1.82) is 0 Å². The third-order valence-electron chi connectivity index (χ3n) is 3.06. The molecule has 0 saturated heterocycles. The molecule has 0 spiro atoms. The summed E-state index contributed by atoms with van der Waals surface area (Å²) < 4.78 is 0. The molecule has 0 aliphatic carbocycles. The summed E-state index contributed by atoms with van der Waals surface area (Å²) in [7, 11) is 1.78. The number of nitrogens with zero attached hydrogens (tertiary/aromatic N) is 1. The number of carbonyl (C=O) groups excluding carboxylic acids is 1. The molecule has 0 heterocycles. The van der Waals surface area contributed by atoms with E-state index in [2.05, 4.69) is 0 Å². The molecule has 0 aromatic heterocycles. The highest BCUT2D eigenvalue weighted by Gasteiger charge is 2.22. The summed E-state index contributed by atoms with van der Waals surface area (Å²) in [4.78, 5) is 13.7. The van der Waals surface area contributed by atoms with Crippen LogP contribution in [-0.2, 0) is 4.79 Å². The van der Waals surface area contributed by atoms with Crippen molar-refractivity contribution < 1.29 is 4.79 Å². The van der Waals surface area contributed by atoms with E-state index in [4.69, 9.17) is 17.3 Å². The molecule has 0 fully saturated rings. The summed E-state index contributed by atoms with van der Waals surface area (Å²) in [6.07, 6.45) is 0. The van der Waals surface area contributed by atoms with Crippen molar-refractivity contribution in [1.82, 2.24) is 4.90 Å². The summed E-state index contributed by atoms with van der Waals surface area (Å²) >= 11 is 6.12. The molecule has 0 aliphatic heterocycles. The van der Waals surface area contributed by atoms with Crippen molar-refractivity contribution in [2.24, 2.45) is 11.7 Å². The Bertz CT molecular complexity index is 395. The van der Waals surface area contributed by atoms with Crippen molar-refractivity contribution >= 4 is 17.5 Å². The summed E-state index contributed by atoms with van der Waals surface area (Å²) in [5.41, 5.74) is 6.46. The molecule has 1 rings (SSSR count). The highest BCUT2D eigenvalue weighted by atomic mass is 35.5. The van der Waals surface area contributed by atoms with Crippen molar-refractivity contribution in [3.8, 4) is 0 Å². The summed E-state index contributed by atoms with van der Waals surface area (Å²) in [5.74, 6) is -0.121. The smallest absolute Gasteiger partial charge is 0.226 e. The quantitative estimate of drug-likeness (QED) is 0.897. The molecule has 0 aliphatic rings. The van der Waals surface area contributed by atoms with Crippen molar-refractivity contribution in [2.45, 2.75) is 19.9 Å². The van der Waals surface area contributed by atoms with E-state index in [0.29, 0.717) is 11.6 Å². The molecule has 2 N–H and O–H groups in total. The van der Waals surface area contributed by atoms with Gasteiger partial charge in [0.2, 0.25) is 5.91 Å². The van der Waals surface area contributed by atoms with E-state index in [1.807, 2.05) is 38.1 Å². The predicted octanol–water partition coefficient (Wildman–Crippen LogP) is 2.45. The Labute approximate surface area is 108 Å². The zero-order valence-corrected chi connectivity index (χ0v) is 11.2.